The van der Waals surface area contributed by atoms with Gasteiger partial charge in [0, 0.05) is 84.1 Å². The number of phenols is 1. The molecule has 314 valence electrons. The van der Waals surface area contributed by atoms with E-state index >= 15 is 0 Å². The van der Waals surface area contributed by atoms with E-state index in [0.29, 0.717) is 73.2 Å². The van der Waals surface area contributed by atoms with Crippen molar-refractivity contribution in [2.24, 2.45) is 11.5 Å². The molecule has 1 aromatic carbocycles. The molecule has 2 unspecified atom stereocenters. The number of ether oxygens (including phenoxy) is 3. The number of nitrogens with zero attached hydrogens (tertiary/aromatic N) is 1. The topological polar surface area (TPSA) is 207 Å². The summed E-state index contributed by atoms with van der Waals surface area (Å²) in [6.45, 7) is 4.85. The first-order chi connectivity index (χ1) is 28.9. The number of dihydropyridines is 2. The predicted octanol–water partition coefficient (Wildman–Crippen LogP) is 4.78. The van der Waals surface area contributed by atoms with Crippen LogP contribution in [-0.4, -0.2) is 80.2 Å². The quantitative estimate of drug-likeness (QED) is 0.0625. The van der Waals surface area contributed by atoms with Gasteiger partial charge in [-0.05, 0) is 69.6 Å². The molecule has 1 fully saturated rings. The van der Waals surface area contributed by atoms with Crippen LogP contribution < -0.4 is 37.6 Å². The average Bonchev–Trinajstić information content (AvgIpc) is 3.52. The lowest BCUT2D eigenvalue weighted by Gasteiger charge is -2.52. The highest BCUT2D eigenvalue weighted by Crippen LogP contribution is 2.55. The third-order valence-corrected chi connectivity index (χ3v) is 15.5. The maximum atomic E-state index is 14.7. The monoisotopic (exact) mass is 851 g/mol. The van der Waals surface area contributed by atoms with Crippen molar-refractivity contribution < 1.29 is 28.5 Å². The van der Waals surface area contributed by atoms with Crippen LogP contribution in [0.5, 0.6) is 11.5 Å². The summed E-state index contributed by atoms with van der Waals surface area (Å²) in [5.74, 6) is 1.87. The largest absolute Gasteiger partial charge is 0.507 e. The highest BCUT2D eigenvalue weighted by Gasteiger charge is 2.66. The summed E-state index contributed by atoms with van der Waals surface area (Å²) in [5.41, 5.74) is 14.4. The van der Waals surface area contributed by atoms with E-state index in [-0.39, 0.29) is 45.9 Å². The Bertz CT molecular complexity index is 2630. The molecule has 9 N–H and O–H groups in total. The van der Waals surface area contributed by atoms with Crippen molar-refractivity contribution in [2.45, 2.75) is 92.7 Å². The number of nitrogens with two attached hydrogens (primary N) is 2. The molecule has 0 radical (unpaired) electrons. The zero-order valence-corrected chi connectivity index (χ0v) is 35.3. The van der Waals surface area contributed by atoms with Gasteiger partial charge in [-0.3, -0.25) is 4.79 Å². The molecule has 0 amide bonds. The minimum atomic E-state index is -1.33. The number of aromatic amines is 1. The second-order valence-corrected chi connectivity index (χ2v) is 19.6. The molecule has 7 aliphatic rings. The molecular weight excluding hydrogens is 803 g/mol. The van der Waals surface area contributed by atoms with Crippen LogP contribution in [0.1, 0.15) is 43.9 Å². The maximum absolute atomic E-state index is 14.7. The maximum Gasteiger partial charge on any atom is 0.342 e. The lowest BCUT2D eigenvalue weighted by Crippen LogP contribution is -2.64. The number of H-pyrrole nitrogens is 1. The molecule has 0 saturated carbocycles. The molecule has 4 aromatic rings. The molecule has 1 aliphatic carbocycles. The number of fused-ring (bicyclic) bond motifs is 7. The van der Waals surface area contributed by atoms with E-state index in [2.05, 4.69) is 62.2 Å². The number of aromatic nitrogens is 2. The lowest BCUT2D eigenvalue weighted by molar-refractivity contribution is -0.187. The van der Waals surface area contributed by atoms with Crippen LogP contribution in [-0.2, 0) is 27.2 Å². The van der Waals surface area contributed by atoms with Gasteiger partial charge in [-0.1, -0.05) is 39.8 Å². The van der Waals surface area contributed by atoms with Gasteiger partial charge in [0.05, 0.1) is 29.5 Å². The summed E-state index contributed by atoms with van der Waals surface area (Å²) in [6.07, 6.45) is 18.3. The molecule has 1 saturated heterocycles. The van der Waals surface area contributed by atoms with Crippen LogP contribution in [0.4, 0.5) is 0 Å². The number of carbonyl (C=O) groups excluding carboxylic acids is 1. The summed E-state index contributed by atoms with van der Waals surface area (Å²) in [7, 11) is 5.23. The molecule has 3 aromatic heterocycles. The van der Waals surface area contributed by atoms with Crippen LogP contribution in [0, 0.1) is 6.92 Å². The van der Waals surface area contributed by atoms with Gasteiger partial charge >= 0.3 is 5.97 Å². The van der Waals surface area contributed by atoms with E-state index in [0.717, 1.165) is 27.6 Å². The molecule has 14 nitrogen and oxygen atoms in total. The van der Waals surface area contributed by atoms with E-state index in [1.54, 1.807) is 34.6 Å². The first-order valence-electron chi connectivity index (χ1n) is 20.4. The van der Waals surface area contributed by atoms with Crippen LogP contribution >= 0.6 is 21.6 Å². The average molecular weight is 852 g/mol. The molecular formula is C44H49N7O7S2. The number of nitrogens with one attached hydrogen (secondary N) is 4. The molecule has 4 bridgehead atoms. The molecule has 11 rings (SSSR count). The van der Waals surface area contributed by atoms with Crippen LogP contribution in [0.15, 0.2) is 105 Å². The fourth-order valence-corrected chi connectivity index (χ4v) is 12.4. The van der Waals surface area contributed by atoms with Crippen molar-refractivity contribution in [3.8, 4) is 11.5 Å². The van der Waals surface area contributed by atoms with Gasteiger partial charge in [0.2, 0.25) is 0 Å². The van der Waals surface area contributed by atoms with Gasteiger partial charge in [0.25, 0.3) is 0 Å². The predicted molar refractivity (Wildman–Crippen MR) is 233 cm³/mol. The Morgan fingerprint density at radius 1 is 1.13 bits per heavy atom. The number of phenolic OH excluding ortho intramolecular Hbond substituents is 1. The Hall–Kier alpha value is -5.16. The summed E-state index contributed by atoms with van der Waals surface area (Å²) >= 11 is 0. The normalized spacial score (nSPS) is 31.2. The summed E-state index contributed by atoms with van der Waals surface area (Å²) in [6, 6.07) is 4.79. The van der Waals surface area contributed by atoms with Crippen molar-refractivity contribution in [3.63, 3.8) is 0 Å². The van der Waals surface area contributed by atoms with Gasteiger partial charge in [-0.2, -0.15) is 0 Å². The number of rotatable bonds is 5. The number of esters is 1. The second kappa shape index (κ2) is 14.5. The van der Waals surface area contributed by atoms with Gasteiger partial charge in [-0.15, -0.1) is 0 Å². The Morgan fingerprint density at radius 2 is 2.00 bits per heavy atom. The summed E-state index contributed by atoms with van der Waals surface area (Å²) in [5, 5.41) is 23.1. The summed E-state index contributed by atoms with van der Waals surface area (Å²) < 4.78 is 28.1. The number of hydrogen-bond acceptors (Lipinski definition) is 14. The number of allylic oxidation sites excluding steroid dienone is 2. The van der Waals surface area contributed by atoms with Crippen molar-refractivity contribution >= 4 is 49.4 Å². The zero-order valence-electron chi connectivity index (χ0n) is 33.6. The molecule has 60 heavy (non-hydrogen) atoms. The van der Waals surface area contributed by atoms with E-state index in [1.165, 1.54) is 6.07 Å². The van der Waals surface area contributed by atoms with E-state index in [9.17, 15) is 14.7 Å². The number of benzene rings is 1. The summed E-state index contributed by atoms with van der Waals surface area (Å²) in [4.78, 5) is 31.1. The number of carbonyl (C=O) groups is 1. The first-order valence-corrected chi connectivity index (χ1v) is 22.8. The van der Waals surface area contributed by atoms with Gasteiger partial charge in [0.15, 0.2) is 22.2 Å². The van der Waals surface area contributed by atoms with Crippen molar-refractivity contribution in [2.75, 3.05) is 19.3 Å². The number of hydrogen-bond donors (Lipinski definition) is 7. The smallest absolute Gasteiger partial charge is 0.342 e. The molecule has 16 heteroatoms. The van der Waals surface area contributed by atoms with Crippen LogP contribution in [0.25, 0.3) is 21.9 Å². The van der Waals surface area contributed by atoms with Crippen LogP contribution in [0.2, 0.25) is 0 Å². The standard InChI is InChI=1S/C44H49N7O7S2/c1-23-12-33(52)38-35(55-23)16-34-29(39(38)53)18-43-8-6-27(17-42(43,2)56-34)60-59-22-30-28(15-26(49-40(30)46)20-51-19-25-7-10-48-32(25)21-51)31-13-24(14-37(45)50-31)4-5-36-44(57-36,9-11-47-3)41(54)58-43/h6-8,10,12-16,19,21,26-27,31,36,47-50,53H,4-5,9,11,17-18,20,22,45-46H2,1-3H3/t26?,27-,31?,36+,42-,43+,44-/m0/s1. The number of aryl methyl sites for hydroxylation is 1. The third-order valence-electron chi connectivity index (χ3n) is 12.9. The first kappa shape index (κ1) is 39.0. The Kier molecular flexibility index (Phi) is 9.42. The fourth-order valence-electron chi connectivity index (χ4n) is 9.68. The van der Waals surface area contributed by atoms with Crippen molar-refractivity contribution in [3.05, 3.63) is 117 Å². The fraction of sp³-hybridized carbons (Fsp3) is 0.409. The Labute approximate surface area is 354 Å². The second-order valence-electron chi connectivity index (χ2n) is 17.0. The highest BCUT2D eigenvalue weighted by atomic mass is 33.1. The molecule has 6 aliphatic heterocycles. The van der Waals surface area contributed by atoms with E-state index < -0.39 is 28.9 Å². The van der Waals surface area contributed by atoms with Gasteiger partial charge < -0.3 is 60.7 Å². The van der Waals surface area contributed by atoms with Gasteiger partial charge in [-0.25, -0.2) is 4.79 Å². The van der Waals surface area contributed by atoms with Gasteiger partial charge in [0.1, 0.15) is 34.0 Å². The molecule has 9 heterocycles. The zero-order chi connectivity index (χ0) is 41.6. The third kappa shape index (κ3) is 6.59. The SMILES string of the molecule is CNCC[C@]12O[C@@H]1CCC1=CC(NC(N)=C1)C1=CC(Cn3cc4cc[nH]c4c3)NC(N)=C1CSS[C@H]1C=C[C@]3(Cc4c(cc5oc(C)cc(=O)c5c4O)O[C@@]3(C)C1)OC2=O. The minimum Gasteiger partial charge on any atom is -0.507 e. The molecule has 7 atom stereocenters. The van der Waals surface area contributed by atoms with E-state index in [4.69, 9.17) is 30.1 Å². The number of aromatic hydroxyl groups is 1. The Morgan fingerprint density at radius 3 is 2.83 bits per heavy atom. The Balaban J connectivity index is 1.02. The highest BCUT2D eigenvalue weighted by molar-refractivity contribution is 8.77. The van der Waals surface area contributed by atoms with Crippen molar-refractivity contribution in [1.29, 1.82) is 0 Å². The van der Waals surface area contributed by atoms with Crippen LogP contribution in [0.3, 0.4) is 0 Å². The number of epoxide rings is 1. The van der Waals surface area contributed by atoms with E-state index in [1.807, 2.05) is 32.3 Å². The lowest BCUT2D eigenvalue weighted by atomic mass is 9.70. The molecule has 1 spiro atoms. The minimum absolute atomic E-state index is 0.0561. The van der Waals surface area contributed by atoms with Crippen molar-refractivity contribution in [1.82, 2.24) is 25.5 Å².